The maximum atomic E-state index is 13.0. The van der Waals surface area contributed by atoms with E-state index in [1.807, 2.05) is 0 Å². The van der Waals surface area contributed by atoms with Crippen molar-refractivity contribution in [3.63, 3.8) is 0 Å². The Morgan fingerprint density at radius 3 is 2.66 bits per heavy atom. The smallest absolute Gasteiger partial charge is 0.297 e. The molecule has 3 aromatic rings. The molecule has 3 heterocycles. The molecule has 4 rings (SSSR count). The summed E-state index contributed by atoms with van der Waals surface area (Å²) in [5, 5.41) is 18.5. The second-order valence-electron chi connectivity index (χ2n) is 7.09. The van der Waals surface area contributed by atoms with Crippen molar-refractivity contribution in [1.82, 2.24) is 24.5 Å². The van der Waals surface area contributed by atoms with Crippen molar-refractivity contribution in [2.75, 3.05) is 27.3 Å². The van der Waals surface area contributed by atoms with Gasteiger partial charge in [-0.05, 0) is 44.1 Å². The summed E-state index contributed by atoms with van der Waals surface area (Å²) in [5.41, 5.74) is -0.0489. The van der Waals surface area contributed by atoms with Crippen molar-refractivity contribution in [1.29, 1.82) is 0 Å². The topological polar surface area (TPSA) is 103 Å². The van der Waals surface area contributed by atoms with Gasteiger partial charge in [0.1, 0.15) is 12.0 Å². The van der Waals surface area contributed by atoms with Crippen molar-refractivity contribution in [3.8, 4) is 22.8 Å². The first-order valence-corrected chi connectivity index (χ1v) is 9.63. The minimum absolute atomic E-state index is 0.0971. The van der Waals surface area contributed by atoms with E-state index in [0.29, 0.717) is 48.7 Å². The fourth-order valence-electron chi connectivity index (χ4n) is 3.64. The number of hydrogen-bond donors (Lipinski definition) is 2. The number of aliphatic hydroxyl groups is 1. The summed E-state index contributed by atoms with van der Waals surface area (Å²) in [4.78, 5) is 17.2. The molecule has 1 aliphatic rings. The average molecular weight is 420 g/mol. The lowest BCUT2D eigenvalue weighted by Gasteiger charge is -2.32. The molecule has 0 bridgehead atoms. The molecule has 1 aliphatic heterocycles. The van der Waals surface area contributed by atoms with E-state index < -0.39 is 5.60 Å². The Morgan fingerprint density at radius 2 is 1.97 bits per heavy atom. The highest BCUT2D eigenvalue weighted by Crippen LogP contribution is 2.35. The number of piperidine rings is 1. The van der Waals surface area contributed by atoms with Crippen molar-refractivity contribution in [2.45, 2.75) is 25.0 Å². The molecule has 1 fully saturated rings. The van der Waals surface area contributed by atoms with Gasteiger partial charge in [0.2, 0.25) is 5.65 Å². The van der Waals surface area contributed by atoms with E-state index in [9.17, 15) is 9.90 Å². The number of rotatable bonds is 5. The van der Waals surface area contributed by atoms with E-state index >= 15 is 0 Å². The Morgan fingerprint density at radius 1 is 1.24 bits per heavy atom. The zero-order valence-corrected chi connectivity index (χ0v) is 16.9. The van der Waals surface area contributed by atoms with Crippen LogP contribution < -0.4 is 20.3 Å². The fourth-order valence-corrected chi connectivity index (χ4v) is 3.91. The molecule has 0 radical (unpaired) electrons. The lowest BCUT2D eigenvalue weighted by atomic mass is 9.92. The predicted octanol–water partition coefficient (Wildman–Crippen LogP) is 1.34. The minimum Gasteiger partial charge on any atom is -0.493 e. The molecule has 2 aromatic heterocycles. The van der Waals surface area contributed by atoms with Crippen LogP contribution in [0.3, 0.4) is 0 Å². The van der Waals surface area contributed by atoms with Crippen molar-refractivity contribution >= 4 is 17.2 Å². The van der Waals surface area contributed by atoms with E-state index in [1.54, 1.807) is 32.4 Å². The molecular weight excluding hydrogens is 398 g/mol. The standard InChI is InChI=1S/C19H22ClN5O4/c1-28-13-4-3-12(9-14(13)29-2)15-16(20)23-17-18(26)24(11-22-25(15)17)10-19(27)5-7-21-8-6-19/h3-4,9,11,21,27H,5-8,10H2,1-2H3. The summed E-state index contributed by atoms with van der Waals surface area (Å²) in [6.45, 7) is 1.58. The first-order chi connectivity index (χ1) is 14.0. The van der Waals surface area contributed by atoms with Gasteiger partial charge in [-0.2, -0.15) is 5.10 Å². The lowest BCUT2D eigenvalue weighted by Crippen LogP contribution is -2.46. The number of methoxy groups -OCH3 is 2. The molecule has 1 aromatic carbocycles. The quantitative estimate of drug-likeness (QED) is 0.643. The van der Waals surface area contributed by atoms with Crippen molar-refractivity contribution in [3.05, 3.63) is 40.0 Å². The molecule has 0 unspecified atom stereocenters. The molecule has 0 saturated carbocycles. The molecule has 29 heavy (non-hydrogen) atoms. The third kappa shape index (κ3) is 3.57. The Hall–Kier alpha value is -2.62. The van der Waals surface area contributed by atoms with Gasteiger partial charge in [0, 0.05) is 5.56 Å². The van der Waals surface area contributed by atoms with Crippen LogP contribution in [0, 0.1) is 0 Å². The first kappa shape index (κ1) is 19.7. The highest BCUT2D eigenvalue weighted by Gasteiger charge is 2.30. The highest BCUT2D eigenvalue weighted by molar-refractivity contribution is 6.32. The average Bonchev–Trinajstić information content (AvgIpc) is 3.06. The molecule has 1 saturated heterocycles. The van der Waals surface area contributed by atoms with Crippen LogP contribution in [0.4, 0.5) is 0 Å². The van der Waals surface area contributed by atoms with E-state index in [1.165, 1.54) is 15.4 Å². The minimum atomic E-state index is -0.947. The fraction of sp³-hybridized carbons (Fsp3) is 0.421. The van der Waals surface area contributed by atoms with Gasteiger partial charge in [-0.3, -0.25) is 9.36 Å². The van der Waals surface area contributed by atoms with Crippen LogP contribution in [0.15, 0.2) is 29.3 Å². The zero-order chi connectivity index (χ0) is 20.6. The Balaban J connectivity index is 1.77. The van der Waals surface area contributed by atoms with E-state index in [4.69, 9.17) is 21.1 Å². The number of fused-ring (bicyclic) bond motifs is 1. The third-order valence-electron chi connectivity index (χ3n) is 5.23. The van der Waals surface area contributed by atoms with Gasteiger partial charge in [0.25, 0.3) is 5.56 Å². The second kappa shape index (κ2) is 7.66. The Labute approximate surface area is 171 Å². The Bertz CT molecular complexity index is 1100. The molecular formula is C19H22ClN5O4. The lowest BCUT2D eigenvalue weighted by molar-refractivity contribution is -0.00643. The van der Waals surface area contributed by atoms with Crippen LogP contribution in [-0.2, 0) is 6.54 Å². The number of benzene rings is 1. The number of aromatic nitrogens is 4. The number of nitrogens with zero attached hydrogens (tertiary/aromatic N) is 4. The molecule has 0 amide bonds. The van der Waals surface area contributed by atoms with Gasteiger partial charge in [-0.1, -0.05) is 11.6 Å². The summed E-state index contributed by atoms with van der Waals surface area (Å²) < 4.78 is 13.4. The Kier molecular flexibility index (Phi) is 5.20. The molecule has 154 valence electrons. The largest absolute Gasteiger partial charge is 0.493 e. The van der Waals surface area contributed by atoms with Crippen LogP contribution in [0.5, 0.6) is 11.5 Å². The molecule has 2 N–H and O–H groups in total. The van der Waals surface area contributed by atoms with Crippen molar-refractivity contribution < 1.29 is 14.6 Å². The van der Waals surface area contributed by atoms with Crippen LogP contribution in [0.25, 0.3) is 16.9 Å². The van der Waals surface area contributed by atoms with Crippen LogP contribution >= 0.6 is 11.6 Å². The van der Waals surface area contributed by atoms with Gasteiger partial charge in [-0.15, -0.1) is 0 Å². The molecule has 0 atom stereocenters. The van der Waals surface area contributed by atoms with Crippen molar-refractivity contribution in [2.24, 2.45) is 0 Å². The summed E-state index contributed by atoms with van der Waals surface area (Å²) >= 11 is 6.37. The molecule has 0 spiro atoms. The van der Waals surface area contributed by atoms with Gasteiger partial charge in [-0.25, -0.2) is 9.50 Å². The maximum absolute atomic E-state index is 13.0. The number of ether oxygens (including phenoxy) is 2. The summed E-state index contributed by atoms with van der Waals surface area (Å²) in [6, 6.07) is 5.29. The van der Waals surface area contributed by atoms with Gasteiger partial charge in [0.15, 0.2) is 16.7 Å². The van der Waals surface area contributed by atoms with Crippen LogP contribution in [0.2, 0.25) is 5.15 Å². The SMILES string of the molecule is COc1ccc(-c2c(Cl)nc3c(=O)n(CC4(O)CCNCC4)cnn23)cc1OC. The molecule has 10 heteroatoms. The number of halogens is 1. The summed E-state index contributed by atoms with van der Waals surface area (Å²) in [7, 11) is 3.10. The van der Waals surface area contributed by atoms with E-state index in [-0.39, 0.29) is 22.9 Å². The van der Waals surface area contributed by atoms with E-state index in [2.05, 4.69) is 15.4 Å². The number of nitrogens with one attached hydrogen (secondary N) is 1. The predicted molar refractivity (Wildman–Crippen MR) is 108 cm³/mol. The summed E-state index contributed by atoms with van der Waals surface area (Å²) in [6.07, 6.45) is 2.55. The van der Waals surface area contributed by atoms with Crippen LogP contribution in [-0.4, -0.2) is 57.2 Å². The van der Waals surface area contributed by atoms with E-state index in [0.717, 1.165) is 0 Å². The van der Waals surface area contributed by atoms with Crippen LogP contribution in [0.1, 0.15) is 12.8 Å². The highest BCUT2D eigenvalue weighted by atomic mass is 35.5. The van der Waals surface area contributed by atoms with Gasteiger partial charge in [0.05, 0.1) is 26.4 Å². The molecule has 9 nitrogen and oxygen atoms in total. The second-order valence-corrected chi connectivity index (χ2v) is 7.45. The maximum Gasteiger partial charge on any atom is 0.297 e. The number of hydrogen-bond acceptors (Lipinski definition) is 7. The summed E-state index contributed by atoms with van der Waals surface area (Å²) in [5.74, 6) is 1.10. The first-order valence-electron chi connectivity index (χ1n) is 9.25. The third-order valence-corrected chi connectivity index (χ3v) is 5.49. The van der Waals surface area contributed by atoms with Gasteiger partial charge >= 0.3 is 0 Å². The molecule has 0 aliphatic carbocycles. The monoisotopic (exact) mass is 419 g/mol. The zero-order valence-electron chi connectivity index (χ0n) is 16.2. The number of imidazole rings is 1. The normalized spacial score (nSPS) is 16.1. The van der Waals surface area contributed by atoms with Gasteiger partial charge < -0.3 is 19.9 Å².